The first-order valence-corrected chi connectivity index (χ1v) is 8.65. The molecule has 0 aliphatic rings. The molecule has 20 heavy (non-hydrogen) atoms. The van der Waals surface area contributed by atoms with Gasteiger partial charge in [-0.3, -0.25) is 4.79 Å². The van der Waals surface area contributed by atoms with Crippen LogP contribution in [0.5, 0.6) is 0 Å². The molecular weight excluding hydrogens is 497 g/mol. The molecule has 1 amide bonds. The molecule has 0 heterocycles. The molecule has 2 rings (SSSR count). The van der Waals surface area contributed by atoms with Gasteiger partial charge in [-0.25, -0.2) is 0 Å². The van der Waals surface area contributed by atoms with Crippen LogP contribution in [0.1, 0.15) is 28.9 Å². The molecule has 0 aliphatic heterocycles. The number of amides is 1. The van der Waals surface area contributed by atoms with E-state index in [2.05, 4.69) is 59.8 Å². The van der Waals surface area contributed by atoms with Crippen LogP contribution in [-0.2, 0) is 0 Å². The summed E-state index contributed by atoms with van der Waals surface area (Å²) in [6, 6.07) is 13.6. The summed E-state index contributed by atoms with van der Waals surface area (Å²) in [5, 5.41) is 3.02. The summed E-state index contributed by atoms with van der Waals surface area (Å²) in [4.78, 5) is 12.3. The Balaban J connectivity index is 2.15. The maximum Gasteiger partial charge on any atom is 0.252 e. The molecule has 2 aromatic carbocycles. The fraction of sp³-hybridized carbons (Fsp3) is 0.133. The van der Waals surface area contributed by atoms with Crippen LogP contribution >= 0.6 is 54.5 Å². The van der Waals surface area contributed by atoms with Crippen molar-refractivity contribution in [3.63, 3.8) is 0 Å². The van der Waals surface area contributed by atoms with Crippen LogP contribution in [0, 0.1) is 3.57 Å². The monoisotopic (exact) mass is 507 g/mol. The maximum absolute atomic E-state index is 12.3. The maximum atomic E-state index is 12.3. The normalized spacial score (nSPS) is 12.0. The van der Waals surface area contributed by atoms with Gasteiger partial charge in [0.1, 0.15) is 0 Å². The fourth-order valence-electron chi connectivity index (χ4n) is 1.78. The average molecular weight is 509 g/mol. The predicted octanol–water partition coefficient (Wildman–Crippen LogP) is 5.31. The van der Waals surface area contributed by atoms with Crippen molar-refractivity contribution in [1.82, 2.24) is 5.32 Å². The second kappa shape index (κ2) is 7.04. The molecule has 0 saturated heterocycles. The van der Waals surface area contributed by atoms with Gasteiger partial charge in [0, 0.05) is 12.5 Å². The Labute approximate surface area is 148 Å². The summed E-state index contributed by atoms with van der Waals surface area (Å²) in [5.74, 6) is -0.0638. The Bertz CT molecular complexity index is 628. The largest absolute Gasteiger partial charge is 0.345 e. The Hall–Kier alpha value is -0.400. The topological polar surface area (TPSA) is 29.1 Å². The summed E-state index contributed by atoms with van der Waals surface area (Å²) in [6.07, 6.45) is 0. The Morgan fingerprint density at radius 1 is 1.10 bits per heavy atom. The molecule has 0 aliphatic carbocycles. The minimum atomic E-state index is -0.0638. The summed E-state index contributed by atoms with van der Waals surface area (Å²) < 4.78 is 2.87. The van der Waals surface area contributed by atoms with Gasteiger partial charge in [-0.05, 0) is 65.4 Å². The van der Waals surface area contributed by atoms with E-state index in [9.17, 15) is 4.79 Å². The molecule has 2 nitrogen and oxygen atoms in total. The summed E-state index contributed by atoms with van der Waals surface area (Å²) >= 11 is 8.97. The van der Waals surface area contributed by atoms with E-state index < -0.39 is 0 Å². The van der Waals surface area contributed by atoms with Crippen LogP contribution in [-0.4, -0.2) is 5.91 Å². The van der Waals surface area contributed by atoms with Crippen LogP contribution in [0.15, 0.2) is 51.4 Å². The first-order chi connectivity index (χ1) is 9.47. The quantitative estimate of drug-likeness (QED) is 0.560. The zero-order valence-corrected chi connectivity index (χ0v) is 16.0. The highest BCUT2D eigenvalue weighted by molar-refractivity contribution is 14.1. The van der Waals surface area contributed by atoms with Crippen molar-refractivity contribution in [2.75, 3.05) is 0 Å². The number of hydrogen-bond donors (Lipinski definition) is 1. The molecule has 0 fully saturated rings. The van der Waals surface area contributed by atoms with Crippen LogP contribution in [0.3, 0.4) is 0 Å². The molecule has 0 radical (unpaired) electrons. The third-order valence-electron chi connectivity index (χ3n) is 2.89. The molecule has 5 heteroatoms. The lowest BCUT2D eigenvalue weighted by Gasteiger charge is -2.15. The first-order valence-electron chi connectivity index (χ1n) is 5.99. The van der Waals surface area contributed by atoms with Crippen molar-refractivity contribution in [2.24, 2.45) is 0 Å². The molecule has 0 aromatic heterocycles. The molecule has 0 spiro atoms. The van der Waals surface area contributed by atoms with E-state index in [1.807, 2.05) is 49.4 Å². The van der Waals surface area contributed by atoms with Crippen molar-refractivity contribution >= 4 is 60.4 Å². The highest BCUT2D eigenvalue weighted by atomic mass is 127. The Morgan fingerprint density at radius 2 is 1.70 bits per heavy atom. The van der Waals surface area contributed by atoms with Gasteiger partial charge in [0.2, 0.25) is 0 Å². The number of halogens is 3. The molecule has 1 atom stereocenters. The standard InChI is InChI=1S/C15H12Br2INO/c1-9(10-2-4-11(16)5-3-10)19-15(20)13-8-12(17)6-7-14(13)18/h2-9H,1H3,(H,19,20). The lowest BCUT2D eigenvalue weighted by Crippen LogP contribution is -2.27. The molecule has 2 aromatic rings. The number of rotatable bonds is 3. The average Bonchev–Trinajstić information content (AvgIpc) is 2.42. The number of hydrogen-bond acceptors (Lipinski definition) is 1. The van der Waals surface area contributed by atoms with Crippen LogP contribution in [0.2, 0.25) is 0 Å². The van der Waals surface area contributed by atoms with Gasteiger partial charge in [0.25, 0.3) is 5.91 Å². The lowest BCUT2D eigenvalue weighted by atomic mass is 10.1. The lowest BCUT2D eigenvalue weighted by molar-refractivity contribution is 0.0939. The van der Waals surface area contributed by atoms with Gasteiger partial charge in [0.05, 0.1) is 11.6 Å². The van der Waals surface area contributed by atoms with E-state index in [0.717, 1.165) is 18.1 Å². The van der Waals surface area contributed by atoms with Gasteiger partial charge in [0.15, 0.2) is 0 Å². The third-order valence-corrected chi connectivity index (χ3v) is 4.85. The predicted molar refractivity (Wildman–Crippen MR) is 96.9 cm³/mol. The van der Waals surface area contributed by atoms with Gasteiger partial charge in [-0.1, -0.05) is 44.0 Å². The van der Waals surface area contributed by atoms with Crippen molar-refractivity contribution in [1.29, 1.82) is 0 Å². The molecule has 104 valence electrons. The second-order valence-corrected chi connectivity index (χ2v) is 7.36. The number of carbonyl (C=O) groups excluding carboxylic acids is 1. The number of carbonyl (C=O) groups is 1. The molecule has 0 saturated carbocycles. The van der Waals surface area contributed by atoms with E-state index in [1.165, 1.54) is 0 Å². The number of benzene rings is 2. The molecule has 0 bridgehead atoms. The molecule has 1 N–H and O–H groups in total. The zero-order chi connectivity index (χ0) is 14.7. The smallest absolute Gasteiger partial charge is 0.252 e. The SMILES string of the molecule is CC(NC(=O)c1cc(Br)ccc1I)c1ccc(Br)cc1. The van der Waals surface area contributed by atoms with Crippen molar-refractivity contribution in [3.05, 3.63) is 66.1 Å². The van der Waals surface area contributed by atoms with Crippen LogP contribution in [0.25, 0.3) is 0 Å². The minimum absolute atomic E-state index is 0.0367. The van der Waals surface area contributed by atoms with E-state index >= 15 is 0 Å². The molecular formula is C15H12Br2INO. The summed E-state index contributed by atoms with van der Waals surface area (Å²) in [7, 11) is 0. The van der Waals surface area contributed by atoms with E-state index in [-0.39, 0.29) is 11.9 Å². The summed E-state index contributed by atoms with van der Waals surface area (Å²) in [5.41, 5.74) is 1.76. The molecule has 1 unspecified atom stereocenters. The van der Waals surface area contributed by atoms with Gasteiger partial charge < -0.3 is 5.32 Å². The van der Waals surface area contributed by atoms with E-state index in [4.69, 9.17) is 0 Å². The Kier molecular flexibility index (Phi) is 5.63. The summed E-state index contributed by atoms with van der Waals surface area (Å²) in [6.45, 7) is 1.98. The van der Waals surface area contributed by atoms with E-state index in [1.54, 1.807) is 0 Å². The number of nitrogens with one attached hydrogen (secondary N) is 1. The van der Waals surface area contributed by atoms with Crippen molar-refractivity contribution in [3.8, 4) is 0 Å². The van der Waals surface area contributed by atoms with E-state index in [0.29, 0.717) is 5.56 Å². The van der Waals surface area contributed by atoms with Gasteiger partial charge in [-0.2, -0.15) is 0 Å². The Morgan fingerprint density at radius 3 is 2.35 bits per heavy atom. The third kappa shape index (κ3) is 4.05. The van der Waals surface area contributed by atoms with Crippen LogP contribution < -0.4 is 5.32 Å². The van der Waals surface area contributed by atoms with Gasteiger partial charge in [-0.15, -0.1) is 0 Å². The van der Waals surface area contributed by atoms with Gasteiger partial charge >= 0.3 is 0 Å². The zero-order valence-electron chi connectivity index (χ0n) is 10.7. The van der Waals surface area contributed by atoms with Crippen molar-refractivity contribution < 1.29 is 4.79 Å². The second-order valence-electron chi connectivity index (χ2n) is 4.37. The van der Waals surface area contributed by atoms with Crippen molar-refractivity contribution in [2.45, 2.75) is 13.0 Å². The van der Waals surface area contributed by atoms with Crippen LogP contribution in [0.4, 0.5) is 0 Å². The highest BCUT2D eigenvalue weighted by Gasteiger charge is 2.14. The fourth-order valence-corrected chi connectivity index (χ4v) is 2.99. The minimum Gasteiger partial charge on any atom is -0.345 e. The first kappa shape index (κ1) is 16.0. The highest BCUT2D eigenvalue weighted by Crippen LogP contribution is 2.21.